The summed E-state index contributed by atoms with van der Waals surface area (Å²) >= 11 is 0. The molecular formula is C32H40O. The lowest BCUT2D eigenvalue weighted by Crippen LogP contribution is -2.25. The highest BCUT2D eigenvalue weighted by molar-refractivity contribution is 5.83. The van der Waals surface area contributed by atoms with Crippen LogP contribution in [0.5, 0.6) is 0 Å². The number of Topliss-reactive ketones (excluding diaryl/α,β-unsaturated/α-hetero) is 1. The first kappa shape index (κ1) is 22.6. The van der Waals surface area contributed by atoms with E-state index in [1.807, 2.05) is 0 Å². The van der Waals surface area contributed by atoms with E-state index in [9.17, 15) is 4.79 Å². The second kappa shape index (κ2) is 10.00. The van der Waals surface area contributed by atoms with Gasteiger partial charge in [-0.2, -0.15) is 0 Å². The number of fused-ring (bicyclic) bond motifs is 1. The number of rotatable bonds is 6. The molecule has 0 unspecified atom stereocenters. The molecule has 2 fully saturated rings. The second-order valence-electron chi connectivity index (χ2n) is 11.3. The van der Waals surface area contributed by atoms with Crippen LogP contribution in [-0.4, -0.2) is 5.78 Å². The van der Waals surface area contributed by atoms with Crippen LogP contribution in [0.3, 0.4) is 0 Å². The monoisotopic (exact) mass is 440 g/mol. The van der Waals surface area contributed by atoms with Crippen molar-refractivity contribution in [1.29, 1.82) is 0 Å². The van der Waals surface area contributed by atoms with Crippen molar-refractivity contribution in [3.8, 4) is 11.1 Å². The second-order valence-corrected chi connectivity index (χ2v) is 11.3. The van der Waals surface area contributed by atoms with E-state index in [1.165, 1.54) is 79.2 Å². The van der Waals surface area contributed by atoms with Gasteiger partial charge in [0.15, 0.2) is 0 Å². The zero-order chi connectivity index (χ0) is 22.8. The molecule has 1 heteroatoms. The molecular weight excluding hydrogens is 400 g/mol. The van der Waals surface area contributed by atoms with E-state index in [1.54, 1.807) is 5.56 Å². The van der Waals surface area contributed by atoms with Gasteiger partial charge in [-0.1, -0.05) is 81.7 Å². The lowest BCUT2D eigenvalue weighted by molar-refractivity contribution is -0.127. The van der Waals surface area contributed by atoms with Gasteiger partial charge in [-0.15, -0.1) is 0 Å². The molecule has 3 aliphatic carbocycles. The third-order valence-corrected chi connectivity index (χ3v) is 8.56. The van der Waals surface area contributed by atoms with Crippen LogP contribution >= 0.6 is 0 Å². The number of carbonyl (C=O) groups is 1. The highest BCUT2D eigenvalue weighted by atomic mass is 16.1. The first-order valence-corrected chi connectivity index (χ1v) is 13.5. The van der Waals surface area contributed by atoms with Gasteiger partial charge in [0.05, 0.1) is 0 Å². The van der Waals surface area contributed by atoms with Crippen molar-refractivity contribution in [3.05, 3.63) is 64.7 Å². The van der Waals surface area contributed by atoms with Gasteiger partial charge in [0.2, 0.25) is 0 Å². The predicted octanol–water partition coefficient (Wildman–Crippen LogP) is 8.54. The van der Waals surface area contributed by atoms with Crippen molar-refractivity contribution in [3.63, 3.8) is 0 Å². The summed E-state index contributed by atoms with van der Waals surface area (Å²) in [6, 6.07) is 14.4. The van der Waals surface area contributed by atoms with Gasteiger partial charge in [-0.05, 0) is 96.6 Å². The predicted molar refractivity (Wildman–Crippen MR) is 139 cm³/mol. The lowest BCUT2D eigenvalue weighted by atomic mass is 9.75. The zero-order valence-electron chi connectivity index (χ0n) is 20.6. The minimum Gasteiger partial charge on any atom is -0.299 e. The Hall–Kier alpha value is -2.15. The minimum absolute atomic E-state index is 0.183. The minimum atomic E-state index is 0.183. The van der Waals surface area contributed by atoms with Gasteiger partial charge in [0, 0.05) is 11.8 Å². The molecule has 174 valence electrons. The van der Waals surface area contributed by atoms with Gasteiger partial charge in [0.1, 0.15) is 5.78 Å². The summed E-state index contributed by atoms with van der Waals surface area (Å²) in [7, 11) is 0. The fourth-order valence-electron chi connectivity index (χ4n) is 6.66. The number of hydrogen-bond acceptors (Lipinski definition) is 1. The molecule has 5 rings (SSSR count). The van der Waals surface area contributed by atoms with Crippen molar-refractivity contribution < 1.29 is 4.79 Å². The molecule has 0 spiro atoms. The molecule has 0 radical (unpaired) electrons. The molecule has 2 aromatic rings. The molecule has 0 aromatic heterocycles. The first-order valence-electron chi connectivity index (χ1n) is 13.5. The molecule has 0 bridgehead atoms. The van der Waals surface area contributed by atoms with E-state index in [-0.39, 0.29) is 5.92 Å². The summed E-state index contributed by atoms with van der Waals surface area (Å²) in [5.41, 5.74) is 8.81. The Morgan fingerprint density at radius 3 is 2.48 bits per heavy atom. The third-order valence-electron chi connectivity index (χ3n) is 8.56. The molecule has 2 aromatic carbocycles. The molecule has 33 heavy (non-hydrogen) atoms. The molecule has 1 nitrogen and oxygen atoms in total. The summed E-state index contributed by atoms with van der Waals surface area (Å²) in [6.07, 6.45) is 18.3. The highest BCUT2D eigenvalue weighted by Crippen LogP contribution is 2.39. The van der Waals surface area contributed by atoms with Gasteiger partial charge in [0.25, 0.3) is 0 Å². The fourth-order valence-corrected chi connectivity index (χ4v) is 6.66. The Balaban J connectivity index is 1.40. The average Bonchev–Trinajstić information content (AvgIpc) is 3.33. The van der Waals surface area contributed by atoms with Gasteiger partial charge >= 0.3 is 0 Å². The Morgan fingerprint density at radius 2 is 1.73 bits per heavy atom. The maximum absolute atomic E-state index is 12.5. The van der Waals surface area contributed by atoms with Gasteiger partial charge in [-0.25, -0.2) is 0 Å². The van der Waals surface area contributed by atoms with Crippen molar-refractivity contribution in [2.75, 3.05) is 0 Å². The van der Waals surface area contributed by atoms with Crippen LogP contribution in [-0.2, 0) is 17.6 Å². The molecule has 0 saturated heterocycles. The largest absolute Gasteiger partial charge is 0.299 e. The van der Waals surface area contributed by atoms with Gasteiger partial charge < -0.3 is 0 Å². The number of carbonyl (C=O) groups excluding carboxylic acids is 1. The molecule has 0 atom stereocenters. The van der Waals surface area contributed by atoms with Gasteiger partial charge in [-0.3, -0.25) is 4.79 Å². The van der Waals surface area contributed by atoms with E-state index < -0.39 is 0 Å². The summed E-state index contributed by atoms with van der Waals surface area (Å²) in [5.74, 6) is 2.43. The number of allylic oxidation sites excluding steroid dienone is 1. The Kier molecular flexibility index (Phi) is 6.86. The quantitative estimate of drug-likeness (QED) is 0.440. The fraction of sp³-hybridized carbons (Fsp3) is 0.531. The van der Waals surface area contributed by atoms with Crippen molar-refractivity contribution in [2.24, 2.45) is 17.8 Å². The first-order chi connectivity index (χ1) is 16.1. The molecule has 2 saturated carbocycles. The standard InChI is InChI=1S/C32H40O/c1-22(2)32(33)27-16-14-23(15-17-27)18-24-19-28(25-8-4-3-5-9-25)21-29(20-24)31-13-7-11-26-10-6-12-30(26)31/h6-7,11-13,19-23,25,27H,3-5,8-10,14-18H2,1-2H3. The van der Waals surface area contributed by atoms with Crippen molar-refractivity contribution >= 4 is 11.9 Å². The van der Waals surface area contributed by atoms with Crippen LogP contribution in [0.4, 0.5) is 0 Å². The van der Waals surface area contributed by atoms with E-state index in [0.717, 1.165) is 31.1 Å². The molecule has 3 aliphatic rings. The Labute approximate surface area is 200 Å². The zero-order valence-corrected chi connectivity index (χ0v) is 20.6. The summed E-state index contributed by atoms with van der Waals surface area (Å²) in [5, 5.41) is 0. The topological polar surface area (TPSA) is 17.1 Å². The van der Waals surface area contributed by atoms with E-state index in [0.29, 0.717) is 11.7 Å². The SMILES string of the molecule is CC(C)C(=O)C1CCC(Cc2cc(-c3cccc4c3C=CC4)cc(C3CCCCC3)c2)CC1. The smallest absolute Gasteiger partial charge is 0.138 e. The normalized spacial score (nSPS) is 23.1. The molecule has 0 heterocycles. The van der Waals surface area contributed by atoms with Crippen molar-refractivity contribution in [1.82, 2.24) is 0 Å². The summed E-state index contributed by atoms with van der Waals surface area (Å²) in [6.45, 7) is 4.12. The molecule has 0 aliphatic heterocycles. The maximum atomic E-state index is 12.5. The highest BCUT2D eigenvalue weighted by Gasteiger charge is 2.28. The maximum Gasteiger partial charge on any atom is 0.138 e. The average molecular weight is 441 g/mol. The van der Waals surface area contributed by atoms with E-state index in [4.69, 9.17) is 0 Å². The summed E-state index contributed by atoms with van der Waals surface area (Å²) in [4.78, 5) is 12.5. The number of benzene rings is 2. The van der Waals surface area contributed by atoms with Crippen LogP contribution in [0.15, 0.2) is 42.5 Å². The van der Waals surface area contributed by atoms with Crippen molar-refractivity contribution in [2.45, 2.75) is 90.4 Å². The van der Waals surface area contributed by atoms with Crippen LogP contribution in [0.1, 0.15) is 99.8 Å². The van der Waals surface area contributed by atoms with E-state index >= 15 is 0 Å². The van der Waals surface area contributed by atoms with Crippen LogP contribution in [0.2, 0.25) is 0 Å². The number of hydrogen-bond donors (Lipinski definition) is 0. The van der Waals surface area contributed by atoms with Crippen LogP contribution < -0.4 is 0 Å². The summed E-state index contributed by atoms with van der Waals surface area (Å²) < 4.78 is 0. The van der Waals surface area contributed by atoms with Crippen LogP contribution in [0, 0.1) is 17.8 Å². The molecule has 0 amide bonds. The van der Waals surface area contributed by atoms with Crippen LogP contribution in [0.25, 0.3) is 17.2 Å². The lowest BCUT2D eigenvalue weighted by Gasteiger charge is -2.29. The number of ketones is 1. The molecule has 0 N–H and O–H groups in total. The third kappa shape index (κ3) is 5.03. The van der Waals surface area contributed by atoms with E-state index in [2.05, 4.69) is 62.4 Å². The Bertz CT molecular complexity index is 1010. The Morgan fingerprint density at radius 1 is 0.939 bits per heavy atom.